The zero-order valence-corrected chi connectivity index (χ0v) is 13.6. The fourth-order valence-corrected chi connectivity index (χ4v) is 2.25. The summed E-state index contributed by atoms with van der Waals surface area (Å²) in [7, 11) is 1.52. The number of primary amides is 1. The highest BCUT2D eigenvalue weighted by atomic mass is 16.6. The maximum atomic E-state index is 12.0. The summed E-state index contributed by atoms with van der Waals surface area (Å²) < 4.78 is 5.23. The van der Waals surface area contributed by atoms with Gasteiger partial charge in [-0.2, -0.15) is 0 Å². The number of benzene rings is 1. The minimum Gasteiger partial charge on any atom is -0.445 e. The van der Waals surface area contributed by atoms with Crippen molar-refractivity contribution in [3.8, 4) is 0 Å². The van der Waals surface area contributed by atoms with E-state index in [9.17, 15) is 9.59 Å². The van der Waals surface area contributed by atoms with E-state index in [1.54, 1.807) is 0 Å². The maximum Gasteiger partial charge on any atom is 0.410 e. The fraction of sp³-hybridized carbons (Fsp3) is 0.500. The molecule has 0 aliphatic rings. The number of carbonyl (C=O) groups is 2. The Labute approximate surface area is 131 Å². The lowest BCUT2D eigenvalue weighted by Crippen LogP contribution is -2.48. The lowest BCUT2D eigenvalue weighted by atomic mass is 10.0. The van der Waals surface area contributed by atoms with Crippen LogP contribution in [0.25, 0.3) is 0 Å². The van der Waals surface area contributed by atoms with Crippen molar-refractivity contribution in [2.45, 2.75) is 33.4 Å². The maximum absolute atomic E-state index is 12.0. The molecule has 1 atom stereocenters. The topological polar surface area (TPSA) is 84.7 Å². The average molecular weight is 307 g/mol. The molecular weight excluding hydrogens is 282 g/mol. The summed E-state index contributed by atoms with van der Waals surface area (Å²) in [6, 6.07) is 6.95. The van der Waals surface area contributed by atoms with E-state index in [1.165, 1.54) is 11.9 Å². The monoisotopic (exact) mass is 307 g/mol. The molecule has 6 nitrogen and oxygen atoms in total. The van der Waals surface area contributed by atoms with Crippen molar-refractivity contribution in [1.82, 2.24) is 4.90 Å². The van der Waals surface area contributed by atoms with Crippen LogP contribution in [-0.4, -0.2) is 36.5 Å². The third-order valence-corrected chi connectivity index (χ3v) is 3.33. The molecule has 0 unspecified atom stereocenters. The molecule has 0 saturated heterocycles. The lowest BCUT2D eigenvalue weighted by molar-refractivity contribution is -0.123. The van der Waals surface area contributed by atoms with E-state index in [4.69, 9.17) is 10.5 Å². The second kappa shape index (κ2) is 8.26. The predicted molar refractivity (Wildman–Crippen MR) is 86.4 cm³/mol. The summed E-state index contributed by atoms with van der Waals surface area (Å²) in [6.07, 6.45) is -0.562. The zero-order chi connectivity index (χ0) is 16.7. The second-order valence-corrected chi connectivity index (χ2v) is 5.48. The van der Waals surface area contributed by atoms with Crippen LogP contribution in [0.5, 0.6) is 0 Å². The highest BCUT2D eigenvalue weighted by Gasteiger charge is 2.28. The molecule has 3 N–H and O–H groups in total. The van der Waals surface area contributed by atoms with E-state index in [2.05, 4.69) is 5.32 Å². The molecule has 0 fully saturated rings. The SMILES string of the molecule is CCNc1ccc(COC(=O)N(C)[C@H](C(N)=O)C(C)C)cc1. The number of amides is 2. The normalized spacial score (nSPS) is 11.9. The van der Waals surface area contributed by atoms with Crippen molar-refractivity contribution >= 4 is 17.7 Å². The van der Waals surface area contributed by atoms with Crippen molar-refractivity contribution in [2.24, 2.45) is 11.7 Å². The Kier molecular flexibility index (Phi) is 6.69. The smallest absolute Gasteiger partial charge is 0.410 e. The number of rotatable bonds is 7. The van der Waals surface area contributed by atoms with Crippen molar-refractivity contribution < 1.29 is 14.3 Å². The first-order valence-corrected chi connectivity index (χ1v) is 7.38. The molecule has 6 heteroatoms. The van der Waals surface area contributed by atoms with Crippen LogP contribution in [0.1, 0.15) is 26.3 Å². The summed E-state index contributed by atoms with van der Waals surface area (Å²) in [5.74, 6) is -0.612. The van der Waals surface area contributed by atoms with Gasteiger partial charge in [-0.15, -0.1) is 0 Å². The molecule has 0 saturated carbocycles. The molecule has 0 aliphatic carbocycles. The third-order valence-electron chi connectivity index (χ3n) is 3.33. The van der Waals surface area contributed by atoms with E-state index in [1.807, 2.05) is 45.0 Å². The van der Waals surface area contributed by atoms with Gasteiger partial charge in [0.2, 0.25) is 5.91 Å². The summed E-state index contributed by atoms with van der Waals surface area (Å²) in [5.41, 5.74) is 7.23. The van der Waals surface area contributed by atoms with Gasteiger partial charge in [-0.1, -0.05) is 26.0 Å². The van der Waals surface area contributed by atoms with Crippen LogP contribution < -0.4 is 11.1 Å². The van der Waals surface area contributed by atoms with Crippen LogP contribution in [0, 0.1) is 5.92 Å². The molecule has 22 heavy (non-hydrogen) atoms. The van der Waals surface area contributed by atoms with Crippen LogP contribution in [0.2, 0.25) is 0 Å². The predicted octanol–water partition coefficient (Wildman–Crippen LogP) is 2.20. The number of ether oxygens (including phenoxy) is 1. The molecule has 0 aliphatic heterocycles. The highest BCUT2D eigenvalue weighted by Crippen LogP contribution is 2.13. The Morgan fingerprint density at radius 2 is 1.86 bits per heavy atom. The molecule has 2 amide bonds. The molecule has 0 spiro atoms. The third kappa shape index (κ3) is 4.95. The van der Waals surface area contributed by atoms with Crippen LogP contribution in [0.15, 0.2) is 24.3 Å². The Bertz CT molecular complexity index is 500. The Hall–Kier alpha value is -2.24. The van der Waals surface area contributed by atoms with Crippen LogP contribution in [-0.2, 0) is 16.1 Å². The van der Waals surface area contributed by atoms with Crippen molar-refractivity contribution in [2.75, 3.05) is 18.9 Å². The number of likely N-dealkylation sites (N-methyl/N-ethyl adjacent to an activating group) is 1. The summed E-state index contributed by atoms with van der Waals surface area (Å²) >= 11 is 0. The standard InChI is InChI=1S/C16H25N3O3/c1-5-18-13-8-6-12(7-9-13)10-22-16(21)19(4)14(11(2)3)15(17)20/h6-9,11,14,18H,5,10H2,1-4H3,(H2,17,20)/t14-/m0/s1. The number of carbonyl (C=O) groups excluding carboxylic acids is 2. The molecule has 1 aromatic rings. The molecular formula is C16H25N3O3. The number of anilines is 1. The first-order chi connectivity index (χ1) is 10.4. The number of nitrogens with one attached hydrogen (secondary N) is 1. The van der Waals surface area contributed by atoms with E-state index in [-0.39, 0.29) is 12.5 Å². The Morgan fingerprint density at radius 3 is 2.32 bits per heavy atom. The van der Waals surface area contributed by atoms with E-state index >= 15 is 0 Å². The van der Waals surface area contributed by atoms with Gasteiger partial charge in [-0.3, -0.25) is 9.69 Å². The molecule has 0 aromatic heterocycles. The van der Waals surface area contributed by atoms with Gasteiger partial charge < -0.3 is 15.8 Å². The van der Waals surface area contributed by atoms with Gasteiger partial charge in [-0.05, 0) is 30.5 Å². The van der Waals surface area contributed by atoms with Crippen molar-refractivity contribution in [3.63, 3.8) is 0 Å². The zero-order valence-electron chi connectivity index (χ0n) is 13.6. The lowest BCUT2D eigenvalue weighted by Gasteiger charge is -2.27. The van der Waals surface area contributed by atoms with Crippen LogP contribution in [0.4, 0.5) is 10.5 Å². The molecule has 0 heterocycles. The Balaban J connectivity index is 2.59. The first-order valence-electron chi connectivity index (χ1n) is 7.38. The van der Waals surface area contributed by atoms with Gasteiger partial charge in [0.05, 0.1) is 0 Å². The molecule has 1 aromatic carbocycles. The minimum absolute atomic E-state index is 0.0746. The van der Waals surface area contributed by atoms with E-state index in [0.717, 1.165) is 17.8 Å². The molecule has 0 bridgehead atoms. The van der Waals surface area contributed by atoms with Gasteiger partial charge in [0.15, 0.2) is 0 Å². The van der Waals surface area contributed by atoms with Crippen LogP contribution >= 0.6 is 0 Å². The van der Waals surface area contributed by atoms with Gasteiger partial charge in [0.25, 0.3) is 0 Å². The largest absolute Gasteiger partial charge is 0.445 e. The van der Waals surface area contributed by atoms with E-state index < -0.39 is 18.0 Å². The van der Waals surface area contributed by atoms with Crippen LogP contribution in [0.3, 0.4) is 0 Å². The summed E-state index contributed by atoms with van der Waals surface area (Å²) in [6.45, 7) is 6.69. The fourth-order valence-electron chi connectivity index (χ4n) is 2.25. The van der Waals surface area contributed by atoms with E-state index in [0.29, 0.717) is 0 Å². The number of hydrogen-bond acceptors (Lipinski definition) is 4. The Morgan fingerprint density at radius 1 is 1.27 bits per heavy atom. The number of hydrogen-bond donors (Lipinski definition) is 2. The molecule has 0 radical (unpaired) electrons. The van der Waals surface area contributed by atoms with Gasteiger partial charge in [0.1, 0.15) is 12.6 Å². The van der Waals surface area contributed by atoms with Gasteiger partial charge in [-0.25, -0.2) is 4.79 Å². The quantitative estimate of drug-likeness (QED) is 0.808. The molecule has 1 rings (SSSR count). The average Bonchev–Trinajstić information content (AvgIpc) is 2.45. The number of nitrogens with two attached hydrogens (primary N) is 1. The van der Waals surface area contributed by atoms with Gasteiger partial charge >= 0.3 is 6.09 Å². The first kappa shape index (κ1) is 17.8. The molecule has 122 valence electrons. The minimum atomic E-state index is -0.677. The van der Waals surface area contributed by atoms with Crippen molar-refractivity contribution in [1.29, 1.82) is 0 Å². The number of nitrogens with zero attached hydrogens (tertiary/aromatic N) is 1. The second-order valence-electron chi connectivity index (χ2n) is 5.48. The highest BCUT2D eigenvalue weighted by molar-refractivity contribution is 5.84. The summed E-state index contributed by atoms with van der Waals surface area (Å²) in [5, 5.41) is 3.19. The van der Waals surface area contributed by atoms with Crippen molar-refractivity contribution in [3.05, 3.63) is 29.8 Å². The van der Waals surface area contributed by atoms with Gasteiger partial charge in [0, 0.05) is 19.3 Å². The summed E-state index contributed by atoms with van der Waals surface area (Å²) in [4.78, 5) is 24.7.